The molecular weight excluding hydrogens is 386 g/mol. The maximum absolute atomic E-state index is 11.2. The summed E-state index contributed by atoms with van der Waals surface area (Å²) in [5.74, 6) is 4.08. The van der Waals surface area contributed by atoms with E-state index in [0.717, 1.165) is 54.1 Å². The van der Waals surface area contributed by atoms with Crippen LogP contribution in [0.1, 0.15) is 37.7 Å². The molecule has 1 aromatic rings. The number of aromatic hydroxyl groups is 1. The summed E-state index contributed by atoms with van der Waals surface area (Å²) in [5, 5.41) is 19.7. The number of phenolic OH excluding ortho intramolecular Hbond substituents is 1. The van der Waals surface area contributed by atoms with Gasteiger partial charge >= 0.3 is 6.16 Å². The van der Waals surface area contributed by atoms with E-state index in [2.05, 4.69) is 4.90 Å². The molecule has 6 heteroatoms. The van der Waals surface area contributed by atoms with E-state index in [4.69, 9.17) is 9.84 Å². The minimum absolute atomic E-state index is 0.296. The average molecular weight is 416 g/mol. The molecule has 3 aliphatic rings. The Morgan fingerprint density at radius 1 is 1.28 bits per heavy atom. The van der Waals surface area contributed by atoms with Gasteiger partial charge in [-0.25, -0.2) is 4.79 Å². The molecule has 1 heterocycles. The fourth-order valence-electron chi connectivity index (χ4n) is 5.13. The molecule has 3 unspecified atom stereocenters. The number of carboxylic acid groups (broad SMARTS) is 1. The van der Waals surface area contributed by atoms with Gasteiger partial charge < -0.3 is 19.8 Å². The van der Waals surface area contributed by atoms with Crippen LogP contribution in [0.2, 0.25) is 0 Å². The summed E-state index contributed by atoms with van der Waals surface area (Å²) in [6.07, 6.45) is 9.80. The van der Waals surface area contributed by atoms with Gasteiger partial charge in [-0.2, -0.15) is 0 Å². The minimum atomic E-state index is -1.26. The number of carbonyl (C=O) groups is 1. The van der Waals surface area contributed by atoms with Gasteiger partial charge in [0, 0.05) is 13.1 Å². The smallest absolute Gasteiger partial charge is 0.508 e. The number of rotatable bonds is 8. The molecule has 0 radical (unpaired) electrons. The van der Waals surface area contributed by atoms with Crippen molar-refractivity contribution in [3.63, 3.8) is 0 Å². The summed E-state index contributed by atoms with van der Waals surface area (Å²) in [7, 11) is 0. The molecule has 1 aromatic carbocycles. The van der Waals surface area contributed by atoms with E-state index in [1.165, 1.54) is 25.7 Å². The van der Waals surface area contributed by atoms with Crippen molar-refractivity contribution < 1.29 is 19.7 Å². The highest BCUT2D eigenvalue weighted by molar-refractivity contribution is 8.03. The van der Waals surface area contributed by atoms with Crippen LogP contribution in [0.3, 0.4) is 0 Å². The Labute approximate surface area is 176 Å². The Morgan fingerprint density at radius 2 is 2.17 bits per heavy atom. The molecule has 4 rings (SSSR count). The molecule has 2 aliphatic carbocycles. The Kier molecular flexibility index (Phi) is 6.38. The summed E-state index contributed by atoms with van der Waals surface area (Å²) in [4.78, 5) is 13.5. The lowest BCUT2D eigenvalue weighted by Gasteiger charge is -2.34. The third-order valence-electron chi connectivity index (χ3n) is 6.39. The molecule has 0 spiro atoms. The first kappa shape index (κ1) is 20.2. The predicted octanol–water partition coefficient (Wildman–Crippen LogP) is 5.23. The summed E-state index contributed by atoms with van der Waals surface area (Å²) in [5.41, 5.74) is 1.11. The maximum atomic E-state index is 11.2. The molecule has 0 amide bonds. The van der Waals surface area contributed by atoms with Crippen LogP contribution < -0.4 is 0 Å². The standard InChI is InChI=1S/C23H29NO4S/c25-20-6-1-4-16(14-20)5-3-11-29-22-21(28-23(26)27)7-2-10-24(22)15-19-13-17-8-9-18(19)12-17/h1-2,4,6-7,14,17-19,25H,3,5,8-13,15H2,(H,26,27). The highest BCUT2D eigenvalue weighted by atomic mass is 32.2. The Balaban J connectivity index is 1.38. The Hall–Kier alpha value is -2.08. The second-order valence-corrected chi connectivity index (χ2v) is 9.49. The molecule has 0 saturated heterocycles. The summed E-state index contributed by atoms with van der Waals surface area (Å²) in [6.45, 7) is 1.81. The lowest BCUT2D eigenvalue weighted by molar-refractivity contribution is 0.118. The quantitative estimate of drug-likeness (QED) is 0.448. The predicted molar refractivity (Wildman–Crippen MR) is 115 cm³/mol. The SMILES string of the molecule is O=C(O)OC1=C(SCCCc2cccc(O)c2)N(CC2CC3CCC2C3)CC=C1. The molecule has 3 atom stereocenters. The van der Waals surface area contributed by atoms with Crippen LogP contribution in [0.25, 0.3) is 0 Å². The van der Waals surface area contributed by atoms with Gasteiger partial charge in [0.25, 0.3) is 0 Å². The van der Waals surface area contributed by atoms with Crippen molar-refractivity contribution in [1.82, 2.24) is 4.90 Å². The van der Waals surface area contributed by atoms with Crippen molar-refractivity contribution in [2.45, 2.75) is 38.5 Å². The molecule has 2 bridgehead atoms. The number of aryl methyl sites for hydroxylation is 1. The number of hydrogen-bond donors (Lipinski definition) is 2. The molecule has 1 aliphatic heterocycles. The van der Waals surface area contributed by atoms with Crippen molar-refractivity contribution in [2.75, 3.05) is 18.8 Å². The molecule has 2 N–H and O–H groups in total. The van der Waals surface area contributed by atoms with Gasteiger partial charge in [0.15, 0.2) is 5.76 Å². The van der Waals surface area contributed by atoms with Crippen molar-refractivity contribution in [3.05, 3.63) is 52.8 Å². The van der Waals surface area contributed by atoms with Crippen LogP contribution >= 0.6 is 11.8 Å². The first-order valence-electron chi connectivity index (χ1n) is 10.6. The average Bonchev–Trinajstić information content (AvgIpc) is 3.29. The number of fused-ring (bicyclic) bond motifs is 2. The first-order chi connectivity index (χ1) is 14.1. The van der Waals surface area contributed by atoms with E-state index in [9.17, 15) is 9.90 Å². The van der Waals surface area contributed by atoms with Gasteiger partial charge in [-0.15, -0.1) is 11.8 Å². The summed E-state index contributed by atoms with van der Waals surface area (Å²) < 4.78 is 5.11. The number of hydrogen-bond acceptors (Lipinski definition) is 5. The lowest BCUT2D eigenvalue weighted by Crippen LogP contribution is -2.33. The number of phenols is 1. The molecule has 5 nitrogen and oxygen atoms in total. The zero-order chi connectivity index (χ0) is 20.2. The van der Waals surface area contributed by atoms with Gasteiger partial charge in [-0.3, -0.25) is 0 Å². The van der Waals surface area contributed by atoms with E-state index in [1.807, 2.05) is 18.2 Å². The van der Waals surface area contributed by atoms with E-state index in [-0.39, 0.29) is 0 Å². The van der Waals surface area contributed by atoms with Gasteiger partial charge in [-0.05, 0) is 79.4 Å². The zero-order valence-electron chi connectivity index (χ0n) is 16.6. The van der Waals surface area contributed by atoms with Crippen LogP contribution in [0.4, 0.5) is 4.79 Å². The van der Waals surface area contributed by atoms with E-state index in [1.54, 1.807) is 30.0 Å². The first-order valence-corrected chi connectivity index (χ1v) is 11.5. The van der Waals surface area contributed by atoms with Crippen LogP contribution in [-0.4, -0.2) is 40.1 Å². The van der Waals surface area contributed by atoms with Crippen LogP contribution in [0.15, 0.2) is 47.2 Å². The second kappa shape index (κ2) is 9.16. The van der Waals surface area contributed by atoms with Crippen LogP contribution in [0.5, 0.6) is 5.75 Å². The second-order valence-electron chi connectivity index (χ2n) is 8.40. The fraction of sp³-hybridized carbons (Fsp3) is 0.522. The van der Waals surface area contributed by atoms with Crippen molar-refractivity contribution in [2.24, 2.45) is 17.8 Å². The van der Waals surface area contributed by atoms with Gasteiger partial charge in [0.2, 0.25) is 0 Å². The molecule has 0 aromatic heterocycles. The Bertz CT molecular complexity index is 806. The van der Waals surface area contributed by atoms with Crippen LogP contribution in [0, 0.1) is 17.8 Å². The largest absolute Gasteiger partial charge is 0.511 e. The summed E-state index contributed by atoms with van der Waals surface area (Å²) in [6, 6.07) is 7.36. The minimum Gasteiger partial charge on any atom is -0.508 e. The highest BCUT2D eigenvalue weighted by Crippen LogP contribution is 2.49. The highest BCUT2D eigenvalue weighted by Gasteiger charge is 2.40. The fourth-order valence-corrected chi connectivity index (χ4v) is 6.19. The van der Waals surface area contributed by atoms with E-state index in [0.29, 0.717) is 17.4 Å². The molecular formula is C23H29NO4S. The normalized spacial score (nSPS) is 25.7. The third kappa shape index (κ3) is 5.10. The number of thioether (sulfide) groups is 1. The topological polar surface area (TPSA) is 70.0 Å². The van der Waals surface area contributed by atoms with Crippen LogP contribution in [-0.2, 0) is 11.2 Å². The van der Waals surface area contributed by atoms with Gasteiger partial charge in [0.05, 0.1) is 0 Å². The monoisotopic (exact) mass is 415 g/mol. The third-order valence-corrected chi connectivity index (χ3v) is 7.61. The maximum Gasteiger partial charge on any atom is 0.511 e. The van der Waals surface area contributed by atoms with Gasteiger partial charge in [-0.1, -0.05) is 24.6 Å². The lowest BCUT2D eigenvalue weighted by atomic mass is 9.88. The van der Waals surface area contributed by atoms with E-state index >= 15 is 0 Å². The summed E-state index contributed by atoms with van der Waals surface area (Å²) >= 11 is 1.69. The van der Waals surface area contributed by atoms with Gasteiger partial charge in [0.1, 0.15) is 10.8 Å². The molecule has 29 heavy (non-hydrogen) atoms. The van der Waals surface area contributed by atoms with Crippen molar-refractivity contribution in [3.8, 4) is 5.75 Å². The van der Waals surface area contributed by atoms with Crippen molar-refractivity contribution >= 4 is 17.9 Å². The molecule has 2 fully saturated rings. The zero-order valence-corrected chi connectivity index (χ0v) is 17.4. The Morgan fingerprint density at radius 3 is 2.90 bits per heavy atom. The van der Waals surface area contributed by atoms with Crippen molar-refractivity contribution in [1.29, 1.82) is 0 Å². The number of ether oxygens (including phenoxy) is 1. The molecule has 2 saturated carbocycles. The molecule has 156 valence electrons. The number of benzene rings is 1. The number of allylic oxidation sites excluding steroid dienone is 1. The van der Waals surface area contributed by atoms with E-state index < -0.39 is 6.16 Å². The number of nitrogens with zero attached hydrogens (tertiary/aromatic N) is 1.